The van der Waals surface area contributed by atoms with E-state index in [0.717, 1.165) is 5.39 Å². The van der Waals surface area contributed by atoms with Crippen molar-refractivity contribution in [1.29, 1.82) is 0 Å². The van der Waals surface area contributed by atoms with Gasteiger partial charge in [0.05, 0.1) is 0 Å². The van der Waals surface area contributed by atoms with Crippen LogP contribution in [0.4, 0.5) is 5.69 Å². The summed E-state index contributed by atoms with van der Waals surface area (Å²) >= 11 is 5.75. The highest BCUT2D eigenvalue weighted by Gasteiger charge is 2.06. The molecule has 17 heavy (non-hydrogen) atoms. The second kappa shape index (κ2) is 4.59. The Hall–Kier alpha value is -1.81. The second-order valence-electron chi connectivity index (χ2n) is 3.62. The van der Waals surface area contributed by atoms with Crippen molar-refractivity contribution in [3.05, 3.63) is 40.2 Å². The fraction of sp³-hybridized carbons (Fsp3) is 0.167. The first kappa shape index (κ1) is 11.7. The molecule has 0 aliphatic rings. The van der Waals surface area contributed by atoms with E-state index in [-0.39, 0.29) is 11.8 Å². The lowest BCUT2D eigenvalue weighted by Gasteiger charge is -2.05. The predicted molar refractivity (Wildman–Crippen MR) is 66.3 cm³/mol. The summed E-state index contributed by atoms with van der Waals surface area (Å²) in [6.07, 6.45) is 0. The number of halogens is 1. The van der Waals surface area contributed by atoms with Crippen LogP contribution in [0.2, 0.25) is 0 Å². The number of carbonyl (C=O) groups is 1. The molecule has 4 nitrogen and oxygen atoms in total. The number of benzene rings is 1. The first-order chi connectivity index (χ1) is 8.10. The van der Waals surface area contributed by atoms with Crippen LogP contribution >= 0.6 is 11.6 Å². The third kappa shape index (κ3) is 2.47. The number of hydrogen-bond donors (Lipinski definition) is 1. The van der Waals surface area contributed by atoms with E-state index in [1.54, 1.807) is 18.2 Å². The third-order valence-corrected chi connectivity index (χ3v) is 2.58. The molecule has 0 unspecified atom stereocenters. The topological polar surface area (TPSA) is 59.3 Å². The molecule has 2 aromatic rings. The SMILES string of the molecule is CC(=O)Nc1ccc2c(CCl)cc(=O)oc2c1. The summed E-state index contributed by atoms with van der Waals surface area (Å²) in [5.41, 5.74) is 1.26. The molecule has 0 atom stereocenters. The number of hydrogen-bond acceptors (Lipinski definition) is 3. The van der Waals surface area contributed by atoms with Crippen LogP contribution in [0.5, 0.6) is 0 Å². The van der Waals surface area contributed by atoms with Crippen LogP contribution < -0.4 is 10.9 Å². The number of fused-ring (bicyclic) bond motifs is 1. The Morgan fingerprint density at radius 1 is 1.41 bits per heavy atom. The summed E-state index contributed by atoms with van der Waals surface area (Å²) in [5.74, 6) is 0.0573. The summed E-state index contributed by atoms with van der Waals surface area (Å²) in [5, 5.41) is 3.39. The van der Waals surface area contributed by atoms with Gasteiger partial charge >= 0.3 is 5.63 Å². The largest absolute Gasteiger partial charge is 0.423 e. The van der Waals surface area contributed by atoms with E-state index >= 15 is 0 Å². The van der Waals surface area contributed by atoms with Gasteiger partial charge in [-0.1, -0.05) is 0 Å². The van der Waals surface area contributed by atoms with Gasteiger partial charge in [0.25, 0.3) is 0 Å². The molecular weight excluding hydrogens is 242 g/mol. The highest BCUT2D eigenvalue weighted by atomic mass is 35.5. The summed E-state index contributed by atoms with van der Waals surface area (Å²) in [7, 11) is 0. The maximum Gasteiger partial charge on any atom is 0.336 e. The van der Waals surface area contributed by atoms with Crippen molar-refractivity contribution in [2.75, 3.05) is 5.32 Å². The van der Waals surface area contributed by atoms with Gasteiger partial charge in [0.15, 0.2) is 0 Å². The normalized spacial score (nSPS) is 10.5. The molecule has 1 aromatic carbocycles. The fourth-order valence-electron chi connectivity index (χ4n) is 1.62. The van der Waals surface area contributed by atoms with Gasteiger partial charge in [-0.2, -0.15) is 0 Å². The summed E-state index contributed by atoms with van der Waals surface area (Å²) in [6.45, 7) is 1.41. The molecule has 5 heteroatoms. The van der Waals surface area contributed by atoms with Gasteiger partial charge in [-0.15, -0.1) is 11.6 Å². The quantitative estimate of drug-likeness (QED) is 0.659. The van der Waals surface area contributed by atoms with Crippen LogP contribution in [0.1, 0.15) is 12.5 Å². The Balaban J connectivity index is 2.61. The van der Waals surface area contributed by atoms with Crippen LogP contribution in [-0.4, -0.2) is 5.91 Å². The molecule has 0 aliphatic heterocycles. The Morgan fingerprint density at radius 3 is 2.82 bits per heavy atom. The van der Waals surface area contributed by atoms with E-state index in [0.29, 0.717) is 16.8 Å². The molecule has 0 bridgehead atoms. The molecule has 0 radical (unpaired) electrons. The van der Waals surface area contributed by atoms with Crippen molar-refractivity contribution >= 4 is 34.2 Å². The minimum Gasteiger partial charge on any atom is -0.423 e. The van der Waals surface area contributed by atoms with Crippen molar-refractivity contribution in [2.45, 2.75) is 12.8 Å². The maximum absolute atomic E-state index is 11.3. The summed E-state index contributed by atoms with van der Waals surface area (Å²) < 4.78 is 5.06. The molecular formula is C12H10ClNO3. The molecule has 88 valence electrons. The van der Waals surface area contributed by atoms with E-state index in [2.05, 4.69) is 5.32 Å². The van der Waals surface area contributed by atoms with E-state index in [1.807, 2.05) is 0 Å². The molecule has 0 saturated heterocycles. The van der Waals surface area contributed by atoms with E-state index < -0.39 is 5.63 Å². The van der Waals surface area contributed by atoms with Gasteiger partial charge < -0.3 is 9.73 Å². The predicted octanol–water partition coefficient (Wildman–Crippen LogP) is 2.49. The molecule has 0 spiro atoms. The minimum atomic E-state index is -0.451. The molecule has 1 N–H and O–H groups in total. The zero-order valence-corrected chi connectivity index (χ0v) is 9.88. The lowest BCUT2D eigenvalue weighted by molar-refractivity contribution is -0.114. The fourth-order valence-corrected chi connectivity index (χ4v) is 1.84. The van der Waals surface area contributed by atoms with Crippen LogP contribution in [0.25, 0.3) is 11.0 Å². The number of alkyl halides is 1. The second-order valence-corrected chi connectivity index (χ2v) is 3.88. The van der Waals surface area contributed by atoms with Crippen molar-refractivity contribution in [2.24, 2.45) is 0 Å². The number of carbonyl (C=O) groups excluding carboxylic acids is 1. The van der Waals surface area contributed by atoms with Crippen molar-refractivity contribution in [1.82, 2.24) is 0 Å². The van der Waals surface area contributed by atoms with E-state index in [1.165, 1.54) is 13.0 Å². The van der Waals surface area contributed by atoms with Gasteiger partial charge in [-0.25, -0.2) is 4.79 Å². The van der Waals surface area contributed by atoms with Gasteiger partial charge in [-0.3, -0.25) is 4.79 Å². The van der Waals surface area contributed by atoms with Gasteiger partial charge in [0, 0.05) is 36.0 Å². The van der Waals surface area contributed by atoms with Crippen molar-refractivity contribution in [3.8, 4) is 0 Å². The Labute approximate surface area is 102 Å². The average Bonchev–Trinajstić information content (AvgIpc) is 2.26. The summed E-state index contributed by atoms with van der Waals surface area (Å²) in [4.78, 5) is 22.2. The highest BCUT2D eigenvalue weighted by molar-refractivity contribution is 6.18. The molecule has 2 rings (SSSR count). The molecule has 0 aliphatic carbocycles. The van der Waals surface area contributed by atoms with Crippen LogP contribution in [-0.2, 0) is 10.7 Å². The van der Waals surface area contributed by atoms with Gasteiger partial charge in [-0.05, 0) is 17.7 Å². The number of amides is 1. The minimum absolute atomic E-state index is 0.180. The lowest BCUT2D eigenvalue weighted by atomic mass is 10.1. The van der Waals surface area contributed by atoms with Crippen LogP contribution in [0.3, 0.4) is 0 Å². The lowest BCUT2D eigenvalue weighted by Crippen LogP contribution is -2.06. The Bertz CT molecular complexity index is 633. The average molecular weight is 252 g/mol. The molecule has 0 fully saturated rings. The maximum atomic E-state index is 11.3. The smallest absolute Gasteiger partial charge is 0.336 e. The Kier molecular flexibility index (Phi) is 3.15. The Morgan fingerprint density at radius 2 is 2.18 bits per heavy atom. The van der Waals surface area contributed by atoms with Gasteiger partial charge in [0.1, 0.15) is 5.58 Å². The number of nitrogens with one attached hydrogen (secondary N) is 1. The molecule has 0 saturated carbocycles. The summed E-state index contributed by atoms with van der Waals surface area (Å²) in [6, 6.07) is 6.47. The zero-order valence-electron chi connectivity index (χ0n) is 9.12. The van der Waals surface area contributed by atoms with E-state index in [4.69, 9.17) is 16.0 Å². The zero-order chi connectivity index (χ0) is 12.4. The van der Waals surface area contributed by atoms with Crippen LogP contribution in [0.15, 0.2) is 33.5 Å². The standard InChI is InChI=1S/C12H10ClNO3/c1-7(15)14-9-2-3-10-8(6-13)4-12(16)17-11(10)5-9/h2-5H,6H2,1H3,(H,14,15). The molecule has 1 amide bonds. The van der Waals surface area contributed by atoms with E-state index in [9.17, 15) is 9.59 Å². The van der Waals surface area contributed by atoms with Crippen molar-refractivity contribution in [3.63, 3.8) is 0 Å². The first-order valence-corrected chi connectivity index (χ1v) is 5.54. The third-order valence-electron chi connectivity index (χ3n) is 2.29. The number of rotatable bonds is 2. The monoisotopic (exact) mass is 251 g/mol. The van der Waals surface area contributed by atoms with Gasteiger partial charge in [0.2, 0.25) is 5.91 Å². The first-order valence-electron chi connectivity index (χ1n) is 5.00. The van der Waals surface area contributed by atoms with Crippen molar-refractivity contribution < 1.29 is 9.21 Å². The molecule has 1 aromatic heterocycles. The highest BCUT2D eigenvalue weighted by Crippen LogP contribution is 2.22. The number of anilines is 1. The molecule has 1 heterocycles. The van der Waals surface area contributed by atoms with Crippen LogP contribution in [0, 0.1) is 0 Å².